The standard InChI is InChI=1S/C6H11NO2.CH3Cl/c1-5(2)6(8)9-4-3-7;1-2/h1,3-4,7H2,2H3;1H3. The highest BCUT2D eigenvalue weighted by Crippen LogP contribution is 1.89. The number of esters is 1. The van der Waals surface area contributed by atoms with Crippen molar-refractivity contribution in [2.24, 2.45) is 5.73 Å². The molecule has 0 aromatic carbocycles. The minimum atomic E-state index is -0.375. The maximum atomic E-state index is 10.5. The second-order valence-corrected chi connectivity index (χ2v) is 1.70. The lowest BCUT2D eigenvalue weighted by Gasteiger charge is -1.99. The monoisotopic (exact) mass is 179 g/mol. The predicted molar refractivity (Wildman–Crippen MR) is 46.6 cm³/mol. The lowest BCUT2D eigenvalue weighted by Crippen LogP contribution is -2.13. The van der Waals surface area contributed by atoms with Crippen LogP contribution in [0.5, 0.6) is 0 Å². The van der Waals surface area contributed by atoms with E-state index in [4.69, 9.17) is 5.73 Å². The molecule has 2 N–H and O–H groups in total. The van der Waals surface area contributed by atoms with Crippen molar-refractivity contribution in [2.75, 3.05) is 19.5 Å². The van der Waals surface area contributed by atoms with Crippen LogP contribution in [0.1, 0.15) is 6.92 Å². The summed E-state index contributed by atoms with van der Waals surface area (Å²) in [5.41, 5.74) is 5.48. The molecule has 0 saturated carbocycles. The minimum absolute atomic E-state index is 0.270. The molecule has 0 fully saturated rings. The van der Waals surface area contributed by atoms with Gasteiger partial charge in [-0.05, 0) is 6.92 Å². The van der Waals surface area contributed by atoms with Crippen LogP contribution < -0.4 is 5.73 Å². The van der Waals surface area contributed by atoms with Crippen LogP contribution in [0.4, 0.5) is 0 Å². The van der Waals surface area contributed by atoms with Crippen molar-refractivity contribution in [2.45, 2.75) is 6.92 Å². The average molecular weight is 180 g/mol. The zero-order valence-electron chi connectivity index (χ0n) is 6.89. The number of halogens is 1. The van der Waals surface area contributed by atoms with Crippen LogP contribution in [0.2, 0.25) is 0 Å². The molecule has 4 heteroatoms. The summed E-state index contributed by atoms with van der Waals surface area (Å²) in [6.45, 7) is 5.62. The number of hydrogen-bond acceptors (Lipinski definition) is 3. The number of carbonyl (C=O) groups is 1. The Morgan fingerprint density at radius 2 is 2.09 bits per heavy atom. The van der Waals surface area contributed by atoms with Gasteiger partial charge in [0.1, 0.15) is 6.61 Å². The van der Waals surface area contributed by atoms with Crippen molar-refractivity contribution in [1.29, 1.82) is 0 Å². The fourth-order valence-corrected chi connectivity index (χ4v) is 0.275. The predicted octanol–water partition coefficient (Wildman–Crippen LogP) is 0.919. The maximum absolute atomic E-state index is 10.5. The first kappa shape index (κ1) is 13.1. The molecule has 11 heavy (non-hydrogen) atoms. The molecule has 0 aliphatic rings. The third kappa shape index (κ3) is 9.46. The first-order valence-electron chi connectivity index (χ1n) is 3.09. The molecule has 0 unspecified atom stereocenters. The zero-order chi connectivity index (χ0) is 9.28. The molecule has 0 amide bonds. The number of carbonyl (C=O) groups excluding carboxylic acids is 1. The fraction of sp³-hybridized carbons (Fsp3) is 0.571. The van der Waals surface area contributed by atoms with E-state index in [0.717, 1.165) is 0 Å². The van der Waals surface area contributed by atoms with Gasteiger partial charge in [0.05, 0.1) is 0 Å². The molecule has 0 radical (unpaired) electrons. The topological polar surface area (TPSA) is 52.3 Å². The Morgan fingerprint density at radius 3 is 2.36 bits per heavy atom. The third-order valence-corrected chi connectivity index (χ3v) is 0.699. The van der Waals surface area contributed by atoms with Crippen LogP contribution in [0, 0.1) is 0 Å². The van der Waals surface area contributed by atoms with Crippen molar-refractivity contribution in [1.82, 2.24) is 0 Å². The van der Waals surface area contributed by atoms with Crippen LogP contribution in [-0.2, 0) is 9.53 Å². The summed E-state index contributed by atoms with van der Waals surface area (Å²) >= 11 is 4.64. The summed E-state index contributed by atoms with van der Waals surface area (Å²) in [6.07, 6.45) is 1.47. The molecule has 0 bridgehead atoms. The first-order chi connectivity index (χ1) is 5.18. The molecule has 0 heterocycles. The van der Waals surface area contributed by atoms with Gasteiger partial charge in [-0.3, -0.25) is 0 Å². The van der Waals surface area contributed by atoms with Crippen molar-refractivity contribution in [3.63, 3.8) is 0 Å². The number of rotatable bonds is 3. The Kier molecular flexibility index (Phi) is 11.2. The summed E-state index contributed by atoms with van der Waals surface area (Å²) in [5.74, 6) is -0.375. The van der Waals surface area contributed by atoms with Gasteiger partial charge in [0.2, 0.25) is 0 Å². The molecular weight excluding hydrogens is 166 g/mol. The quantitative estimate of drug-likeness (QED) is 0.398. The van der Waals surface area contributed by atoms with Gasteiger partial charge in [-0.15, -0.1) is 11.6 Å². The molecule has 0 saturated heterocycles. The van der Waals surface area contributed by atoms with Gasteiger partial charge < -0.3 is 10.5 Å². The second-order valence-electron chi connectivity index (χ2n) is 1.70. The number of hydrogen-bond donors (Lipinski definition) is 1. The smallest absolute Gasteiger partial charge is 0.333 e. The molecule has 0 aromatic heterocycles. The van der Waals surface area contributed by atoms with Crippen LogP contribution in [0.15, 0.2) is 12.2 Å². The molecule has 0 aliphatic heterocycles. The van der Waals surface area contributed by atoms with E-state index < -0.39 is 0 Å². The molecule has 3 nitrogen and oxygen atoms in total. The van der Waals surface area contributed by atoms with E-state index in [1.54, 1.807) is 6.92 Å². The summed E-state index contributed by atoms with van der Waals surface area (Å²) in [4.78, 5) is 10.5. The van der Waals surface area contributed by atoms with Crippen molar-refractivity contribution in [3.05, 3.63) is 12.2 Å². The summed E-state index contributed by atoms with van der Waals surface area (Å²) in [6, 6.07) is 0. The van der Waals surface area contributed by atoms with E-state index in [1.165, 1.54) is 6.38 Å². The maximum Gasteiger partial charge on any atom is 0.333 e. The van der Waals surface area contributed by atoms with Crippen molar-refractivity contribution in [3.8, 4) is 0 Å². The Bertz CT molecular complexity index is 126. The molecule has 0 rings (SSSR count). The highest BCUT2D eigenvalue weighted by atomic mass is 35.5. The van der Waals surface area contributed by atoms with Crippen LogP contribution in [0.25, 0.3) is 0 Å². The van der Waals surface area contributed by atoms with Gasteiger partial charge in [0.15, 0.2) is 0 Å². The van der Waals surface area contributed by atoms with Gasteiger partial charge >= 0.3 is 5.97 Å². The van der Waals surface area contributed by atoms with Crippen LogP contribution in [-0.4, -0.2) is 25.5 Å². The van der Waals surface area contributed by atoms with Gasteiger partial charge in [0, 0.05) is 18.5 Å². The SMILES string of the molecule is C=C(C)C(=O)OCCN.CCl. The molecule has 0 aliphatic carbocycles. The van der Waals surface area contributed by atoms with E-state index >= 15 is 0 Å². The Balaban J connectivity index is 0. The van der Waals surface area contributed by atoms with Gasteiger partial charge in [-0.25, -0.2) is 4.79 Å². The summed E-state index contributed by atoms with van der Waals surface area (Å²) in [7, 11) is 0. The van der Waals surface area contributed by atoms with E-state index in [9.17, 15) is 4.79 Å². The Morgan fingerprint density at radius 1 is 1.64 bits per heavy atom. The minimum Gasteiger partial charge on any atom is -0.461 e. The first-order valence-corrected chi connectivity index (χ1v) is 3.84. The van der Waals surface area contributed by atoms with Crippen molar-refractivity contribution >= 4 is 17.6 Å². The largest absolute Gasteiger partial charge is 0.461 e. The normalized spacial score (nSPS) is 7.64. The van der Waals surface area contributed by atoms with Crippen molar-refractivity contribution < 1.29 is 9.53 Å². The van der Waals surface area contributed by atoms with Crippen LogP contribution >= 0.6 is 11.6 Å². The summed E-state index contributed by atoms with van der Waals surface area (Å²) < 4.78 is 4.59. The van der Waals surface area contributed by atoms with E-state index in [0.29, 0.717) is 12.1 Å². The van der Waals surface area contributed by atoms with Crippen LogP contribution in [0.3, 0.4) is 0 Å². The average Bonchev–Trinajstić information content (AvgIpc) is 2.03. The number of nitrogens with two attached hydrogens (primary N) is 1. The van der Waals surface area contributed by atoms with E-state index in [1.807, 2.05) is 0 Å². The highest BCUT2D eigenvalue weighted by molar-refractivity contribution is 6.15. The summed E-state index contributed by atoms with van der Waals surface area (Å²) in [5, 5.41) is 0. The van der Waals surface area contributed by atoms with E-state index in [2.05, 4.69) is 22.9 Å². The van der Waals surface area contributed by atoms with Gasteiger partial charge in [-0.1, -0.05) is 6.58 Å². The van der Waals surface area contributed by atoms with Gasteiger partial charge in [-0.2, -0.15) is 0 Å². The second kappa shape index (κ2) is 9.46. The number of alkyl halides is 1. The lowest BCUT2D eigenvalue weighted by molar-refractivity contribution is -0.138. The Hall–Kier alpha value is -0.540. The highest BCUT2D eigenvalue weighted by Gasteiger charge is 1.99. The third-order valence-electron chi connectivity index (χ3n) is 0.699. The lowest BCUT2D eigenvalue weighted by atomic mass is 10.4. The molecule has 0 spiro atoms. The van der Waals surface area contributed by atoms with Gasteiger partial charge in [0.25, 0.3) is 0 Å². The molecule has 66 valence electrons. The zero-order valence-corrected chi connectivity index (χ0v) is 7.65. The number of ether oxygens (including phenoxy) is 1. The Labute approximate surface area is 72.2 Å². The fourth-order valence-electron chi connectivity index (χ4n) is 0.275. The molecule has 0 aromatic rings. The molecule has 0 atom stereocenters. The van der Waals surface area contributed by atoms with E-state index in [-0.39, 0.29) is 12.6 Å². The molecular formula is C7H14ClNO2.